The highest BCUT2D eigenvalue weighted by molar-refractivity contribution is 5.83. The van der Waals surface area contributed by atoms with Crippen LogP contribution in [0.3, 0.4) is 0 Å². The van der Waals surface area contributed by atoms with Gasteiger partial charge >= 0.3 is 0 Å². The molecule has 3 heterocycles. The number of nitrogens with one attached hydrogen (secondary N) is 1. The van der Waals surface area contributed by atoms with E-state index in [1.54, 1.807) is 7.11 Å². The number of hydrogen-bond acceptors (Lipinski definition) is 7. The van der Waals surface area contributed by atoms with Crippen molar-refractivity contribution in [2.45, 2.75) is 46.3 Å². The monoisotopic (exact) mass is 410 g/mol. The van der Waals surface area contributed by atoms with Crippen molar-refractivity contribution in [2.75, 3.05) is 20.3 Å². The molecule has 0 bridgehead atoms. The van der Waals surface area contributed by atoms with Crippen LogP contribution < -0.4 is 4.90 Å². The number of aryl methyl sites for hydroxylation is 1. The summed E-state index contributed by atoms with van der Waals surface area (Å²) in [7, 11) is 1.72. The first kappa shape index (κ1) is 20.3. The molecular formula is C20H28N9O+. The van der Waals surface area contributed by atoms with Gasteiger partial charge in [0.1, 0.15) is 19.6 Å². The summed E-state index contributed by atoms with van der Waals surface area (Å²) in [6.45, 7) is 11.2. The number of rotatable bonds is 7. The van der Waals surface area contributed by atoms with Crippen LogP contribution in [0.2, 0.25) is 0 Å². The predicted octanol–water partition coefficient (Wildman–Crippen LogP) is 0.559. The Balaban J connectivity index is 1.70. The summed E-state index contributed by atoms with van der Waals surface area (Å²) in [5, 5.41) is 25.9. The van der Waals surface area contributed by atoms with Crippen molar-refractivity contribution < 1.29 is 9.64 Å². The largest absolute Gasteiger partial charge is 0.379 e. The SMILES string of the molecule is COCC[NH+](Cc1cc2ccc(C)cc2n2nnnc12)Cc1nnnn1C(C)(C)C. The Labute approximate surface area is 174 Å². The Bertz CT molecular complexity index is 1160. The number of benzene rings is 1. The molecular weight excluding hydrogens is 382 g/mol. The molecule has 0 radical (unpaired) electrons. The number of pyridine rings is 1. The maximum absolute atomic E-state index is 5.36. The molecule has 1 aromatic carbocycles. The molecule has 1 N–H and O–H groups in total. The van der Waals surface area contributed by atoms with E-state index in [4.69, 9.17) is 4.74 Å². The van der Waals surface area contributed by atoms with Crippen LogP contribution in [0, 0.1) is 6.92 Å². The molecule has 0 aliphatic heterocycles. The Morgan fingerprint density at radius 2 is 1.83 bits per heavy atom. The summed E-state index contributed by atoms with van der Waals surface area (Å²) >= 11 is 0. The van der Waals surface area contributed by atoms with Gasteiger partial charge in [-0.25, -0.2) is 4.68 Å². The van der Waals surface area contributed by atoms with Gasteiger partial charge in [-0.1, -0.05) is 12.1 Å². The molecule has 10 nitrogen and oxygen atoms in total. The van der Waals surface area contributed by atoms with Crippen molar-refractivity contribution in [3.05, 3.63) is 41.2 Å². The summed E-state index contributed by atoms with van der Waals surface area (Å²) in [5.41, 5.74) is 3.86. The highest BCUT2D eigenvalue weighted by Crippen LogP contribution is 2.20. The molecule has 30 heavy (non-hydrogen) atoms. The first-order valence-corrected chi connectivity index (χ1v) is 10.1. The molecule has 0 saturated heterocycles. The van der Waals surface area contributed by atoms with E-state index in [0.29, 0.717) is 13.2 Å². The fourth-order valence-corrected chi connectivity index (χ4v) is 3.71. The van der Waals surface area contributed by atoms with Gasteiger partial charge in [-0.05, 0) is 66.2 Å². The molecule has 0 aliphatic rings. The number of fused-ring (bicyclic) bond motifs is 3. The van der Waals surface area contributed by atoms with E-state index in [0.717, 1.165) is 41.0 Å². The minimum atomic E-state index is -0.184. The predicted molar refractivity (Wildman–Crippen MR) is 111 cm³/mol. The third kappa shape index (κ3) is 4.01. The van der Waals surface area contributed by atoms with Crippen LogP contribution >= 0.6 is 0 Å². The topological polar surface area (TPSA) is 100 Å². The first-order chi connectivity index (χ1) is 14.4. The molecule has 1 unspecified atom stereocenters. The van der Waals surface area contributed by atoms with Crippen LogP contribution in [0.4, 0.5) is 0 Å². The summed E-state index contributed by atoms with van der Waals surface area (Å²) in [6.07, 6.45) is 0. The van der Waals surface area contributed by atoms with Crippen molar-refractivity contribution in [3.8, 4) is 0 Å². The minimum absolute atomic E-state index is 0.184. The van der Waals surface area contributed by atoms with Crippen molar-refractivity contribution in [1.29, 1.82) is 0 Å². The molecule has 0 saturated carbocycles. The number of nitrogens with zero attached hydrogens (tertiary/aromatic N) is 8. The second kappa shape index (κ2) is 8.04. The number of methoxy groups -OCH3 is 1. The van der Waals surface area contributed by atoms with E-state index in [1.165, 1.54) is 10.5 Å². The maximum atomic E-state index is 5.36. The van der Waals surface area contributed by atoms with Gasteiger partial charge in [0, 0.05) is 12.5 Å². The summed E-state index contributed by atoms with van der Waals surface area (Å²) in [6, 6.07) is 8.51. The summed E-state index contributed by atoms with van der Waals surface area (Å²) < 4.78 is 9.07. The number of ether oxygens (including phenoxy) is 1. The lowest BCUT2D eigenvalue weighted by Gasteiger charge is -2.23. The van der Waals surface area contributed by atoms with E-state index in [1.807, 2.05) is 9.20 Å². The molecule has 158 valence electrons. The smallest absolute Gasteiger partial charge is 0.206 e. The zero-order valence-electron chi connectivity index (χ0n) is 18.1. The van der Waals surface area contributed by atoms with Gasteiger partial charge < -0.3 is 9.64 Å². The van der Waals surface area contributed by atoms with Crippen LogP contribution in [0.25, 0.3) is 16.6 Å². The van der Waals surface area contributed by atoms with Gasteiger partial charge in [0.05, 0.1) is 23.2 Å². The first-order valence-electron chi connectivity index (χ1n) is 10.1. The van der Waals surface area contributed by atoms with E-state index in [-0.39, 0.29) is 5.54 Å². The lowest BCUT2D eigenvalue weighted by atomic mass is 10.1. The lowest BCUT2D eigenvalue weighted by molar-refractivity contribution is -0.928. The van der Waals surface area contributed by atoms with Gasteiger partial charge in [0.25, 0.3) is 0 Å². The normalized spacial score (nSPS) is 13.4. The van der Waals surface area contributed by atoms with Crippen molar-refractivity contribution >= 4 is 16.6 Å². The van der Waals surface area contributed by atoms with Crippen LogP contribution in [0.1, 0.15) is 37.7 Å². The molecule has 1 atom stereocenters. The number of aromatic nitrogens is 8. The Kier molecular flexibility index (Phi) is 5.44. The van der Waals surface area contributed by atoms with E-state index in [9.17, 15) is 0 Å². The van der Waals surface area contributed by atoms with E-state index in [2.05, 4.69) is 83.0 Å². The number of hydrogen-bond donors (Lipinski definition) is 1. The molecule has 0 amide bonds. The van der Waals surface area contributed by atoms with Gasteiger partial charge in [-0.15, -0.1) is 10.2 Å². The van der Waals surface area contributed by atoms with Crippen LogP contribution in [0.15, 0.2) is 24.3 Å². The molecule has 10 heteroatoms. The zero-order chi connectivity index (χ0) is 21.3. The third-order valence-electron chi connectivity index (χ3n) is 5.18. The van der Waals surface area contributed by atoms with Gasteiger partial charge in [0.15, 0.2) is 5.65 Å². The maximum Gasteiger partial charge on any atom is 0.206 e. The second-order valence-electron chi connectivity index (χ2n) is 8.67. The average Bonchev–Trinajstić information content (AvgIpc) is 3.36. The second-order valence-corrected chi connectivity index (χ2v) is 8.67. The fraction of sp³-hybridized carbons (Fsp3) is 0.500. The quantitative estimate of drug-likeness (QED) is 0.475. The molecule has 4 aromatic rings. The standard InChI is InChI=1S/C20H27N9O/c1-14-6-7-15-11-16(19-22-24-25-28(19)17(15)10-14)12-27(8-9-30-5)13-18-21-23-26-29(18)20(2,3)4/h6-7,10-11H,8-9,12-13H2,1-5H3/p+1. The van der Waals surface area contributed by atoms with E-state index < -0.39 is 0 Å². The highest BCUT2D eigenvalue weighted by atomic mass is 16.5. The molecule has 0 spiro atoms. The molecule has 0 fully saturated rings. The Morgan fingerprint density at radius 1 is 1.03 bits per heavy atom. The summed E-state index contributed by atoms with van der Waals surface area (Å²) in [4.78, 5) is 1.27. The van der Waals surface area contributed by atoms with Gasteiger partial charge in [0.2, 0.25) is 5.82 Å². The Morgan fingerprint density at radius 3 is 2.60 bits per heavy atom. The minimum Gasteiger partial charge on any atom is -0.379 e. The number of quaternary nitrogens is 1. The molecule has 4 rings (SSSR count). The van der Waals surface area contributed by atoms with Crippen LogP contribution in [0.5, 0.6) is 0 Å². The zero-order valence-corrected chi connectivity index (χ0v) is 18.1. The molecule has 3 aromatic heterocycles. The fourth-order valence-electron chi connectivity index (χ4n) is 3.71. The van der Waals surface area contributed by atoms with Crippen molar-refractivity contribution in [3.63, 3.8) is 0 Å². The highest BCUT2D eigenvalue weighted by Gasteiger charge is 2.24. The van der Waals surface area contributed by atoms with Gasteiger partial charge in [-0.2, -0.15) is 4.52 Å². The third-order valence-corrected chi connectivity index (χ3v) is 5.18. The lowest BCUT2D eigenvalue weighted by Crippen LogP contribution is -3.10. The Hall–Kier alpha value is -2.98. The van der Waals surface area contributed by atoms with Crippen molar-refractivity contribution in [2.24, 2.45) is 0 Å². The van der Waals surface area contributed by atoms with Crippen LogP contribution in [-0.4, -0.2) is 60.5 Å². The molecule has 0 aliphatic carbocycles. The number of tetrazole rings is 2. The van der Waals surface area contributed by atoms with Crippen molar-refractivity contribution in [1.82, 2.24) is 40.2 Å². The summed E-state index contributed by atoms with van der Waals surface area (Å²) in [5.74, 6) is 0.848. The average molecular weight is 411 g/mol. The van der Waals surface area contributed by atoms with Gasteiger partial charge in [-0.3, -0.25) is 0 Å². The van der Waals surface area contributed by atoms with Crippen LogP contribution in [-0.2, 0) is 23.4 Å². The van der Waals surface area contributed by atoms with E-state index >= 15 is 0 Å².